The number of hydrogen-bond donors (Lipinski definition) is 1. The van der Waals surface area contributed by atoms with Gasteiger partial charge in [-0.2, -0.15) is 0 Å². The summed E-state index contributed by atoms with van der Waals surface area (Å²) in [6, 6.07) is 8.23. The monoisotopic (exact) mass is 387 g/mol. The minimum absolute atomic E-state index is 0.142. The quantitative estimate of drug-likeness (QED) is 0.717. The maximum atomic E-state index is 12.0. The second-order valence-corrected chi connectivity index (χ2v) is 7.73. The van der Waals surface area contributed by atoms with Crippen molar-refractivity contribution < 1.29 is 19.1 Å². The van der Waals surface area contributed by atoms with Crippen molar-refractivity contribution in [3.05, 3.63) is 35.4 Å². The lowest BCUT2D eigenvalue weighted by Gasteiger charge is -2.35. The van der Waals surface area contributed by atoms with Gasteiger partial charge in [0.15, 0.2) is 0 Å². The van der Waals surface area contributed by atoms with Crippen LogP contribution in [-0.4, -0.2) is 59.4 Å². The summed E-state index contributed by atoms with van der Waals surface area (Å²) in [5.74, 6) is -0.525. The van der Waals surface area contributed by atoms with Gasteiger partial charge in [-0.25, -0.2) is 0 Å². The Labute approximate surface area is 166 Å². The van der Waals surface area contributed by atoms with Crippen LogP contribution in [0.3, 0.4) is 0 Å². The Balaban J connectivity index is 1.41. The highest BCUT2D eigenvalue weighted by atomic mass is 16.5. The fourth-order valence-corrected chi connectivity index (χ4v) is 3.81. The molecule has 0 aromatic heterocycles. The number of nitrogens with one attached hydrogen (secondary N) is 1. The maximum absolute atomic E-state index is 12.0. The van der Waals surface area contributed by atoms with Gasteiger partial charge < -0.3 is 10.1 Å². The SMILES string of the molecule is CC1CN(Cc2ccc(CNC(=O)CCN3C(=O)CCC3=O)cc2)CC(C)O1. The number of ether oxygens (including phenoxy) is 1. The molecule has 2 saturated heterocycles. The smallest absolute Gasteiger partial charge is 0.229 e. The first kappa shape index (κ1) is 20.5. The number of imide groups is 1. The fourth-order valence-electron chi connectivity index (χ4n) is 3.81. The first-order valence-electron chi connectivity index (χ1n) is 9.96. The van der Waals surface area contributed by atoms with Crippen LogP contribution in [0.2, 0.25) is 0 Å². The molecule has 2 aliphatic rings. The van der Waals surface area contributed by atoms with Crippen molar-refractivity contribution in [3.8, 4) is 0 Å². The molecule has 2 atom stereocenters. The minimum Gasteiger partial charge on any atom is -0.373 e. The largest absolute Gasteiger partial charge is 0.373 e. The molecule has 7 heteroatoms. The predicted octanol–water partition coefficient (Wildman–Crippen LogP) is 1.45. The van der Waals surface area contributed by atoms with E-state index in [4.69, 9.17) is 4.74 Å². The third kappa shape index (κ3) is 5.62. The number of hydrogen-bond acceptors (Lipinski definition) is 5. The number of carbonyl (C=O) groups excluding carboxylic acids is 3. The Morgan fingerprint density at radius 3 is 2.21 bits per heavy atom. The Kier molecular flexibility index (Phi) is 6.80. The molecule has 2 fully saturated rings. The van der Waals surface area contributed by atoms with Crippen molar-refractivity contribution in [2.24, 2.45) is 0 Å². The Bertz CT molecular complexity index is 693. The molecule has 0 saturated carbocycles. The zero-order valence-corrected chi connectivity index (χ0v) is 16.6. The maximum Gasteiger partial charge on any atom is 0.229 e. The first-order chi connectivity index (χ1) is 13.4. The second kappa shape index (κ2) is 9.30. The zero-order chi connectivity index (χ0) is 20.1. The van der Waals surface area contributed by atoms with Gasteiger partial charge in [-0.1, -0.05) is 24.3 Å². The number of likely N-dealkylation sites (tertiary alicyclic amines) is 1. The highest BCUT2D eigenvalue weighted by Gasteiger charge is 2.28. The van der Waals surface area contributed by atoms with Crippen molar-refractivity contribution in [2.45, 2.75) is 58.4 Å². The predicted molar refractivity (Wildman–Crippen MR) is 104 cm³/mol. The van der Waals surface area contributed by atoms with E-state index in [2.05, 4.69) is 36.2 Å². The van der Waals surface area contributed by atoms with Crippen molar-refractivity contribution in [2.75, 3.05) is 19.6 Å². The van der Waals surface area contributed by atoms with Crippen LogP contribution in [0.4, 0.5) is 0 Å². The van der Waals surface area contributed by atoms with E-state index in [1.165, 1.54) is 10.5 Å². The van der Waals surface area contributed by atoms with Crippen LogP contribution in [0.1, 0.15) is 44.2 Å². The molecule has 28 heavy (non-hydrogen) atoms. The summed E-state index contributed by atoms with van der Waals surface area (Å²) in [5, 5.41) is 2.85. The van der Waals surface area contributed by atoms with Gasteiger partial charge in [-0.05, 0) is 25.0 Å². The van der Waals surface area contributed by atoms with Gasteiger partial charge in [-0.3, -0.25) is 24.2 Å². The molecule has 152 valence electrons. The van der Waals surface area contributed by atoms with Gasteiger partial charge in [0, 0.05) is 52.0 Å². The summed E-state index contributed by atoms with van der Waals surface area (Å²) in [5.41, 5.74) is 2.26. The fraction of sp³-hybridized carbons (Fsp3) is 0.571. The van der Waals surface area contributed by atoms with Crippen LogP contribution in [0, 0.1) is 0 Å². The summed E-state index contributed by atoms with van der Waals surface area (Å²) in [4.78, 5) is 38.7. The molecular formula is C21H29N3O4. The van der Waals surface area contributed by atoms with Crippen molar-refractivity contribution in [1.82, 2.24) is 15.1 Å². The molecular weight excluding hydrogens is 358 g/mol. The van der Waals surface area contributed by atoms with E-state index in [-0.39, 0.29) is 55.7 Å². The van der Waals surface area contributed by atoms with Gasteiger partial charge in [0.2, 0.25) is 17.7 Å². The summed E-state index contributed by atoms with van der Waals surface area (Å²) in [6.45, 7) is 7.57. The van der Waals surface area contributed by atoms with Crippen LogP contribution in [0.25, 0.3) is 0 Å². The lowest BCUT2D eigenvalue weighted by atomic mass is 10.1. The van der Waals surface area contributed by atoms with Crippen LogP contribution in [0.5, 0.6) is 0 Å². The zero-order valence-electron chi connectivity index (χ0n) is 16.6. The molecule has 7 nitrogen and oxygen atoms in total. The van der Waals surface area contributed by atoms with Crippen LogP contribution >= 0.6 is 0 Å². The van der Waals surface area contributed by atoms with Gasteiger partial charge in [0.25, 0.3) is 0 Å². The molecule has 0 spiro atoms. The molecule has 1 aromatic rings. The van der Waals surface area contributed by atoms with E-state index < -0.39 is 0 Å². The van der Waals surface area contributed by atoms with E-state index >= 15 is 0 Å². The lowest BCUT2D eigenvalue weighted by Crippen LogP contribution is -2.44. The van der Waals surface area contributed by atoms with Crippen LogP contribution < -0.4 is 5.32 Å². The molecule has 1 aromatic carbocycles. The number of carbonyl (C=O) groups is 3. The van der Waals surface area contributed by atoms with Crippen LogP contribution in [-0.2, 0) is 32.2 Å². The highest BCUT2D eigenvalue weighted by Crippen LogP contribution is 2.15. The minimum atomic E-state index is -0.183. The summed E-state index contributed by atoms with van der Waals surface area (Å²) in [7, 11) is 0. The number of benzene rings is 1. The third-order valence-electron chi connectivity index (χ3n) is 5.13. The Morgan fingerprint density at radius 1 is 1.04 bits per heavy atom. The summed E-state index contributed by atoms with van der Waals surface area (Å²) >= 11 is 0. The number of rotatable bonds is 7. The number of morpholine rings is 1. The van der Waals surface area contributed by atoms with E-state index in [9.17, 15) is 14.4 Å². The number of nitrogens with zero attached hydrogens (tertiary/aromatic N) is 2. The molecule has 3 rings (SSSR count). The molecule has 1 N–H and O–H groups in total. The number of amides is 3. The lowest BCUT2D eigenvalue weighted by molar-refractivity contribution is -0.138. The highest BCUT2D eigenvalue weighted by molar-refractivity contribution is 6.02. The summed E-state index contributed by atoms with van der Waals surface area (Å²) in [6.07, 6.45) is 1.17. The van der Waals surface area contributed by atoms with E-state index in [0.717, 1.165) is 25.2 Å². The van der Waals surface area contributed by atoms with Crippen molar-refractivity contribution in [3.63, 3.8) is 0 Å². The molecule has 2 heterocycles. The first-order valence-corrected chi connectivity index (χ1v) is 9.96. The van der Waals surface area contributed by atoms with Crippen LogP contribution in [0.15, 0.2) is 24.3 Å². The molecule has 0 radical (unpaired) electrons. The normalized spacial score (nSPS) is 23.3. The summed E-state index contributed by atoms with van der Waals surface area (Å²) < 4.78 is 5.77. The Morgan fingerprint density at radius 2 is 1.61 bits per heavy atom. The van der Waals surface area contributed by atoms with Gasteiger partial charge in [-0.15, -0.1) is 0 Å². The molecule has 2 aliphatic heterocycles. The second-order valence-electron chi connectivity index (χ2n) is 7.73. The molecule has 3 amide bonds. The van der Waals surface area contributed by atoms with E-state index in [1.54, 1.807) is 0 Å². The van der Waals surface area contributed by atoms with Gasteiger partial charge >= 0.3 is 0 Å². The van der Waals surface area contributed by atoms with Crippen molar-refractivity contribution >= 4 is 17.7 Å². The van der Waals surface area contributed by atoms with E-state index in [1.807, 2.05) is 12.1 Å². The third-order valence-corrected chi connectivity index (χ3v) is 5.13. The molecule has 0 bridgehead atoms. The topological polar surface area (TPSA) is 79.0 Å². The van der Waals surface area contributed by atoms with Crippen molar-refractivity contribution in [1.29, 1.82) is 0 Å². The Hall–Kier alpha value is -2.25. The van der Waals surface area contributed by atoms with Gasteiger partial charge in [0.1, 0.15) is 0 Å². The molecule has 0 aliphatic carbocycles. The average Bonchev–Trinajstić information content (AvgIpc) is 2.96. The molecule has 2 unspecified atom stereocenters. The standard InChI is InChI=1S/C21H29N3O4/c1-15-12-23(13-16(2)28-15)14-18-5-3-17(4-6-18)11-22-19(25)9-10-24-20(26)7-8-21(24)27/h3-6,15-16H,7-14H2,1-2H3,(H,22,25). The van der Waals surface area contributed by atoms with E-state index in [0.29, 0.717) is 6.54 Å². The average molecular weight is 387 g/mol. The van der Waals surface area contributed by atoms with Gasteiger partial charge in [0.05, 0.1) is 12.2 Å².